The van der Waals surface area contributed by atoms with E-state index in [1.54, 1.807) is 24.3 Å². The summed E-state index contributed by atoms with van der Waals surface area (Å²) in [5, 5.41) is 48.3. The Bertz CT molecular complexity index is 1980. The predicted octanol–water partition coefficient (Wildman–Crippen LogP) is 8.27. The van der Waals surface area contributed by atoms with E-state index in [0.717, 1.165) is 23.3 Å². The van der Waals surface area contributed by atoms with Crippen molar-refractivity contribution in [2.24, 2.45) is 0 Å². The van der Waals surface area contributed by atoms with Crippen molar-refractivity contribution in [3.8, 4) is 57.5 Å². The summed E-state index contributed by atoms with van der Waals surface area (Å²) in [6, 6.07) is 18.1. The van der Waals surface area contributed by atoms with Crippen molar-refractivity contribution < 1.29 is 48.1 Å². The van der Waals surface area contributed by atoms with Crippen molar-refractivity contribution in [3.05, 3.63) is 137 Å². The Labute approximate surface area is 278 Å². The normalized spacial score (nSPS) is 12.6. The van der Waals surface area contributed by atoms with Gasteiger partial charge in [-0.2, -0.15) is 0 Å². The molecule has 18 nitrogen and oxygen atoms in total. The maximum atomic E-state index is 12.1. The number of rotatable bonds is 4. The Kier molecular flexibility index (Phi) is 7.63. The van der Waals surface area contributed by atoms with E-state index in [9.17, 15) is 40.5 Å². The quantitative estimate of drug-likeness (QED) is 0.126. The second-order valence-electron chi connectivity index (χ2n) is 10.7. The van der Waals surface area contributed by atoms with Gasteiger partial charge in [-0.05, 0) is 11.1 Å². The molecule has 0 spiro atoms. The van der Waals surface area contributed by atoms with E-state index in [1.165, 1.54) is 36.4 Å². The molecule has 0 N–H and O–H groups in total. The zero-order chi connectivity index (χ0) is 35.1. The molecular weight excluding hydrogens is 664 g/mol. The Morgan fingerprint density at radius 3 is 0.900 bits per heavy atom. The van der Waals surface area contributed by atoms with Crippen molar-refractivity contribution in [3.63, 3.8) is 0 Å². The average molecular weight is 683 g/mol. The molecule has 50 heavy (non-hydrogen) atoms. The van der Waals surface area contributed by atoms with E-state index in [2.05, 4.69) is 0 Å². The predicted molar refractivity (Wildman–Crippen MR) is 168 cm³/mol. The van der Waals surface area contributed by atoms with Gasteiger partial charge in [-0.1, -0.05) is 24.3 Å². The largest absolute Gasteiger partial charge is 0.489 e. The molecule has 5 aromatic rings. The van der Waals surface area contributed by atoms with Crippen LogP contribution in [0.1, 0.15) is 11.1 Å². The van der Waals surface area contributed by atoms with Gasteiger partial charge in [-0.15, -0.1) is 0 Å². The van der Waals surface area contributed by atoms with Gasteiger partial charge in [-0.3, -0.25) is 40.5 Å². The molecule has 5 aliphatic rings. The van der Waals surface area contributed by atoms with Crippen LogP contribution in [0, 0.1) is 40.5 Å². The third kappa shape index (κ3) is 6.26. The lowest BCUT2D eigenvalue weighted by Crippen LogP contribution is -2.02. The van der Waals surface area contributed by atoms with Crippen LogP contribution in [0.2, 0.25) is 0 Å². The lowest BCUT2D eigenvalue weighted by molar-refractivity contribution is -0.395. The topological polar surface area (TPSA) is 228 Å². The molecule has 0 unspecified atom stereocenters. The van der Waals surface area contributed by atoms with Gasteiger partial charge in [0.1, 0.15) is 59.8 Å². The number of nitro groups is 4. The molecule has 5 heterocycles. The van der Waals surface area contributed by atoms with Crippen molar-refractivity contribution in [2.45, 2.75) is 13.2 Å². The summed E-state index contributed by atoms with van der Waals surface area (Å²) in [5.41, 5.74) is -1.70. The number of benzene rings is 5. The summed E-state index contributed by atoms with van der Waals surface area (Å²) < 4.78 is 35.5. The molecule has 18 heteroatoms. The van der Waals surface area contributed by atoms with Crippen LogP contribution in [0.5, 0.6) is 57.5 Å². The number of ether oxygens (including phenoxy) is 6. The first-order valence-corrected chi connectivity index (χ1v) is 14.3. The highest BCUT2D eigenvalue weighted by atomic mass is 16.6. The Morgan fingerprint density at radius 1 is 0.380 bits per heavy atom. The van der Waals surface area contributed by atoms with E-state index in [4.69, 9.17) is 28.4 Å². The summed E-state index contributed by atoms with van der Waals surface area (Å²) in [7, 11) is 0. The molecule has 5 aromatic carbocycles. The first-order chi connectivity index (χ1) is 24.0. The summed E-state index contributed by atoms with van der Waals surface area (Å²) in [4.78, 5) is 44.8. The van der Waals surface area contributed by atoms with Crippen LogP contribution in [-0.2, 0) is 13.2 Å². The molecule has 0 saturated heterocycles. The third-order valence-electron chi connectivity index (χ3n) is 7.32. The highest BCUT2D eigenvalue weighted by Crippen LogP contribution is 2.48. The van der Waals surface area contributed by atoms with Gasteiger partial charge in [0.2, 0.25) is 23.0 Å². The zero-order valence-electron chi connectivity index (χ0n) is 25.0. The van der Waals surface area contributed by atoms with E-state index in [1.807, 2.05) is 0 Å². The van der Waals surface area contributed by atoms with E-state index >= 15 is 0 Å². The smallest absolute Gasteiger partial charge is 0.318 e. The molecule has 0 amide bonds. The lowest BCUT2D eigenvalue weighted by atomic mass is 10.1. The molecule has 0 aromatic heterocycles. The Morgan fingerprint density at radius 2 is 0.640 bits per heavy atom. The van der Waals surface area contributed by atoms with Crippen LogP contribution in [0.4, 0.5) is 22.7 Å². The molecule has 0 atom stereocenters. The van der Waals surface area contributed by atoms with Crippen LogP contribution in [0.15, 0.2) is 84.9 Å². The van der Waals surface area contributed by atoms with E-state index < -0.39 is 65.4 Å². The van der Waals surface area contributed by atoms with Crippen LogP contribution in [0.25, 0.3) is 0 Å². The lowest BCUT2D eigenvalue weighted by Gasteiger charge is -2.16. The zero-order valence-corrected chi connectivity index (χ0v) is 25.0. The number of nitrogens with zero attached hydrogens (tertiary/aromatic N) is 4. The van der Waals surface area contributed by atoms with Gasteiger partial charge in [0.25, 0.3) is 0 Å². The van der Waals surface area contributed by atoms with Crippen LogP contribution >= 0.6 is 0 Å². The molecule has 0 saturated carbocycles. The summed E-state index contributed by atoms with van der Waals surface area (Å²) in [5.74, 6) is -2.38. The van der Waals surface area contributed by atoms with Crippen molar-refractivity contribution in [2.75, 3.05) is 0 Å². The molecular formula is C32H18N4O14. The number of nitro benzene ring substituents is 4. The molecule has 5 aliphatic heterocycles. The molecule has 250 valence electrons. The average Bonchev–Trinajstić information content (AvgIpc) is 3.05. The van der Waals surface area contributed by atoms with Gasteiger partial charge in [0, 0.05) is 48.5 Å². The molecule has 12 bridgehead atoms. The standard InChI is InChI=1S/C32H18N4O14/c37-33(38)25-11-27(35(41)42)31-13-29(25)47-21-5-19-6-22(9-21)48-30-14-32(28(36(43)44)12-26(30)34(39)40)50-24-8-20(7-23(10-24)49-31)46-16-18-2-1-17(3-4-18)15-45-19/h1-14H,15-16H2. The maximum absolute atomic E-state index is 12.1. The van der Waals surface area contributed by atoms with Gasteiger partial charge < -0.3 is 28.4 Å². The Hall–Kier alpha value is -7.50. The number of hydrogen-bond donors (Lipinski definition) is 0. The second-order valence-corrected chi connectivity index (χ2v) is 10.7. The van der Waals surface area contributed by atoms with Crippen LogP contribution in [0.3, 0.4) is 0 Å². The fourth-order valence-electron chi connectivity index (χ4n) is 5.04. The first-order valence-electron chi connectivity index (χ1n) is 14.3. The van der Waals surface area contributed by atoms with E-state index in [-0.39, 0.29) is 47.7 Å². The van der Waals surface area contributed by atoms with Gasteiger partial charge >= 0.3 is 22.7 Å². The SMILES string of the molecule is O=[N+]([O-])c1cc([N+](=O)[O-])c2cc1Oc1cc3cc(c1)Oc1cc(c([N+](=O)[O-])cc1[N+](=O)[O-])Oc1cc(cc(c1)O2)OCc1ccc(cc1)CO3. The fourth-order valence-corrected chi connectivity index (χ4v) is 5.04. The third-order valence-corrected chi connectivity index (χ3v) is 7.32. The highest BCUT2D eigenvalue weighted by Gasteiger charge is 2.31. The minimum atomic E-state index is -0.886. The molecule has 0 radical (unpaired) electrons. The van der Waals surface area contributed by atoms with Gasteiger partial charge in [0.15, 0.2) is 0 Å². The van der Waals surface area contributed by atoms with Gasteiger partial charge in [0.05, 0.1) is 19.7 Å². The monoisotopic (exact) mass is 682 g/mol. The molecule has 0 fully saturated rings. The summed E-state index contributed by atoms with van der Waals surface area (Å²) in [6.07, 6.45) is 0. The number of hydrogen-bond acceptors (Lipinski definition) is 14. The van der Waals surface area contributed by atoms with Crippen LogP contribution in [-0.4, -0.2) is 19.7 Å². The van der Waals surface area contributed by atoms with Crippen molar-refractivity contribution in [1.82, 2.24) is 0 Å². The van der Waals surface area contributed by atoms with Crippen molar-refractivity contribution in [1.29, 1.82) is 0 Å². The minimum absolute atomic E-state index is 0.0147. The first kappa shape index (κ1) is 31.1. The molecule has 10 rings (SSSR count). The summed E-state index contributed by atoms with van der Waals surface area (Å²) in [6.45, 7) is 0.0293. The summed E-state index contributed by atoms with van der Waals surface area (Å²) >= 11 is 0. The van der Waals surface area contributed by atoms with Crippen LogP contribution < -0.4 is 28.4 Å². The van der Waals surface area contributed by atoms with Crippen molar-refractivity contribution >= 4 is 22.7 Å². The maximum Gasteiger partial charge on any atom is 0.318 e. The van der Waals surface area contributed by atoms with E-state index in [0.29, 0.717) is 12.1 Å². The minimum Gasteiger partial charge on any atom is -0.489 e. The molecule has 0 aliphatic carbocycles. The fraction of sp³-hybridized carbons (Fsp3) is 0.0625. The Balaban J connectivity index is 1.53. The second kappa shape index (κ2) is 12.3. The van der Waals surface area contributed by atoms with Gasteiger partial charge in [-0.25, -0.2) is 0 Å². The highest BCUT2D eigenvalue weighted by molar-refractivity contribution is 5.66.